The molecule has 7 nitrogen and oxygen atoms in total. The van der Waals surface area contributed by atoms with Gasteiger partial charge in [0, 0.05) is 16.3 Å². The molecule has 0 aliphatic carbocycles. The number of benzene rings is 3. The fraction of sp³-hybridized carbons (Fsp3) is 0.174. The van der Waals surface area contributed by atoms with Crippen molar-refractivity contribution in [3.05, 3.63) is 72.8 Å². The number of hydrogen-bond acceptors (Lipinski definition) is 6. The Kier molecular flexibility index (Phi) is 7.66. The minimum Gasteiger partial charge on any atom is -0.493 e. The molecule has 9 heteroatoms. The molecule has 2 N–H and O–H groups in total. The second-order valence-electron chi connectivity index (χ2n) is 6.76. The monoisotopic (exact) mass is 472 g/mol. The Bertz CT molecular complexity index is 1170. The van der Waals surface area contributed by atoms with Crippen molar-refractivity contribution in [1.29, 1.82) is 0 Å². The van der Waals surface area contributed by atoms with Crippen molar-refractivity contribution in [2.45, 2.75) is 22.0 Å². The van der Waals surface area contributed by atoms with Crippen LogP contribution in [0.15, 0.2) is 82.6 Å². The third kappa shape index (κ3) is 5.95. The lowest BCUT2D eigenvalue weighted by Crippen LogP contribution is -2.22. The Labute approximate surface area is 192 Å². The minimum absolute atomic E-state index is 0.104. The van der Waals surface area contributed by atoms with Crippen LogP contribution >= 0.6 is 11.8 Å². The Morgan fingerprint density at radius 2 is 1.53 bits per heavy atom. The van der Waals surface area contributed by atoms with Gasteiger partial charge in [0.15, 0.2) is 11.5 Å². The first-order valence-electron chi connectivity index (χ1n) is 9.70. The summed E-state index contributed by atoms with van der Waals surface area (Å²) in [5, 5.41) is 2.42. The van der Waals surface area contributed by atoms with Crippen LogP contribution in [0.5, 0.6) is 11.5 Å². The number of sulfonamides is 1. The highest BCUT2D eigenvalue weighted by Gasteiger charge is 2.17. The number of ether oxygens (including phenoxy) is 2. The van der Waals surface area contributed by atoms with E-state index >= 15 is 0 Å². The van der Waals surface area contributed by atoms with Crippen LogP contribution in [0.25, 0.3) is 0 Å². The largest absolute Gasteiger partial charge is 0.493 e. The molecule has 3 aromatic carbocycles. The summed E-state index contributed by atoms with van der Waals surface area (Å²) in [5.74, 6) is 1.000. The SMILES string of the molecule is COc1ccc(SC(C)C(=O)Nc2ccc(S(=O)(=O)Nc3ccccc3)cc2)cc1OC. The maximum absolute atomic E-state index is 12.6. The molecule has 0 aliphatic heterocycles. The number of rotatable bonds is 9. The summed E-state index contributed by atoms with van der Waals surface area (Å²) in [6, 6.07) is 20.1. The van der Waals surface area contributed by atoms with Crippen molar-refractivity contribution in [3.8, 4) is 11.5 Å². The topological polar surface area (TPSA) is 93.7 Å². The Morgan fingerprint density at radius 1 is 0.875 bits per heavy atom. The highest BCUT2D eigenvalue weighted by Crippen LogP contribution is 2.33. The second-order valence-corrected chi connectivity index (χ2v) is 9.86. The average molecular weight is 473 g/mol. The van der Waals surface area contributed by atoms with Gasteiger partial charge in [-0.1, -0.05) is 18.2 Å². The quantitative estimate of drug-likeness (QED) is 0.441. The van der Waals surface area contributed by atoms with Crippen molar-refractivity contribution in [2.75, 3.05) is 24.3 Å². The summed E-state index contributed by atoms with van der Waals surface area (Å²) in [7, 11) is -0.595. The summed E-state index contributed by atoms with van der Waals surface area (Å²) in [5.41, 5.74) is 0.985. The lowest BCUT2D eigenvalue weighted by atomic mass is 10.3. The molecule has 32 heavy (non-hydrogen) atoms. The summed E-state index contributed by atoms with van der Waals surface area (Å²) in [6.45, 7) is 1.79. The molecule has 0 bridgehead atoms. The van der Waals surface area contributed by atoms with Gasteiger partial charge in [0.05, 0.1) is 24.4 Å². The van der Waals surface area contributed by atoms with Gasteiger partial charge in [-0.3, -0.25) is 9.52 Å². The molecule has 1 atom stereocenters. The molecular formula is C23H24N2O5S2. The lowest BCUT2D eigenvalue weighted by Gasteiger charge is -2.14. The third-order valence-corrected chi connectivity index (χ3v) is 6.99. The summed E-state index contributed by atoms with van der Waals surface area (Å²) >= 11 is 1.37. The average Bonchev–Trinajstić information content (AvgIpc) is 2.79. The molecule has 0 saturated carbocycles. The molecule has 0 spiro atoms. The molecule has 168 valence electrons. The van der Waals surface area contributed by atoms with E-state index in [2.05, 4.69) is 10.0 Å². The van der Waals surface area contributed by atoms with Gasteiger partial charge < -0.3 is 14.8 Å². The number of anilines is 2. The predicted molar refractivity (Wildman–Crippen MR) is 127 cm³/mol. The van der Waals surface area contributed by atoms with E-state index in [0.29, 0.717) is 22.9 Å². The molecule has 1 amide bonds. The molecule has 1 unspecified atom stereocenters. The van der Waals surface area contributed by atoms with Crippen molar-refractivity contribution < 1.29 is 22.7 Å². The van der Waals surface area contributed by atoms with Crippen LogP contribution in [-0.4, -0.2) is 33.8 Å². The van der Waals surface area contributed by atoms with Crippen LogP contribution in [-0.2, 0) is 14.8 Å². The van der Waals surface area contributed by atoms with E-state index in [4.69, 9.17) is 9.47 Å². The zero-order valence-corrected chi connectivity index (χ0v) is 19.5. The van der Waals surface area contributed by atoms with E-state index in [1.54, 1.807) is 69.7 Å². The van der Waals surface area contributed by atoms with Gasteiger partial charge in [0.25, 0.3) is 10.0 Å². The van der Waals surface area contributed by atoms with Crippen LogP contribution in [0.2, 0.25) is 0 Å². The van der Waals surface area contributed by atoms with Crippen LogP contribution in [0.1, 0.15) is 6.92 Å². The number of thioether (sulfide) groups is 1. The fourth-order valence-corrected chi connectivity index (χ4v) is 4.78. The highest BCUT2D eigenvalue weighted by molar-refractivity contribution is 8.00. The van der Waals surface area contributed by atoms with Crippen molar-refractivity contribution in [3.63, 3.8) is 0 Å². The minimum atomic E-state index is -3.72. The van der Waals surface area contributed by atoms with Crippen LogP contribution in [0.3, 0.4) is 0 Å². The molecule has 0 saturated heterocycles. The van der Waals surface area contributed by atoms with Gasteiger partial charge in [0.1, 0.15) is 0 Å². The predicted octanol–water partition coefficient (Wildman–Crippen LogP) is 4.62. The summed E-state index contributed by atoms with van der Waals surface area (Å²) < 4.78 is 38.1. The Hall–Kier alpha value is -3.17. The number of carbonyl (C=O) groups is 1. The molecule has 3 rings (SSSR count). The molecule has 0 aliphatic rings. The van der Waals surface area contributed by atoms with Crippen LogP contribution < -0.4 is 19.5 Å². The number of nitrogens with one attached hydrogen (secondary N) is 2. The Balaban J connectivity index is 1.63. The lowest BCUT2D eigenvalue weighted by molar-refractivity contribution is -0.115. The van der Waals surface area contributed by atoms with E-state index in [9.17, 15) is 13.2 Å². The van der Waals surface area contributed by atoms with Gasteiger partial charge in [-0.25, -0.2) is 8.42 Å². The van der Waals surface area contributed by atoms with Gasteiger partial charge in [-0.2, -0.15) is 0 Å². The number of carbonyl (C=O) groups excluding carboxylic acids is 1. The summed E-state index contributed by atoms with van der Waals surface area (Å²) in [6.07, 6.45) is 0. The maximum atomic E-state index is 12.6. The van der Waals surface area contributed by atoms with Gasteiger partial charge in [-0.15, -0.1) is 11.8 Å². The Morgan fingerprint density at radius 3 is 2.16 bits per heavy atom. The van der Waals surface area contributed by atoms with Crippen LogP contribution in [0.4, 0.5) is 11.4 Å². The second kappa shape index (κ2) is 10.4. The molecule has 3 aromatic rings. The van der Waals surface area contributed by atoms with Gasteiger partial charge in [0.2, 0.25) is 5.91 Å². The third-order valence-electron chi connectivity index (χ3n) is 4.50. The molecule has 0 fully saturated rings. The first-order chi connectivity index (χ1) is 15.3. The molecule has 0 radical (unpaired) electrons. The highest BCUT2D eigenvalue weighted by atomic mass is 32.2. The number of methoxy groups -OCH3 is 2. The number of hydrogen-bond donors (Lipinski definition) is 2. The van der Waals surface area contributed by atoms with E-state index < -0.39 is 15.3 Å². The normalized spacial score (nSPS) is 12.0. The maximum Gasteiger partial charge on any atom is 0.261 e. The first-order valence-corrected chi connectivity index (χ1v) is 12.1. The number of amides is 1. The van der Waals surface area contributed by atoms with E-state index in [-0.39, 0.29) is 10.8 Å². The van der Waals surface area contributed by atoms with Crippen LogP contribution in [0, 0.1) is 0 Å². The van der Waals surface area contributed by atoms with E-state index in [1.165, 1.54) is 23.9 Å². The van der Waals surface area contributed by atoms with Crippen molar-refractivity contribution in [2.24, 2.45) is 0 Å². The zero-order valence-electron chi connectivity index (χ0n) is 17.9. The van der Waals surface area contributed by atoms with E-state index in [0.717, 1.165) is 4.90 Å². The smallest absolute Gasteiger partial charge is 0.261 e. The molecular weight excluding hydrogens is 448 g/mol. The van der Waals surface area contributed by atoms with Gasteiger partial charge in [-0.05, 0) is 61.5 Å². The molecule has 0 aromatic heterocycles. The standard InChI is InChI=1S/C23H24N2O5S2/c1-16(31-19-11-14-21(29-2)22(15-19)30-3)23(26)24-17-9-12-20(13-10-17)32(27,28)25-18-7-5-4-6-8-18/h4-16,25H,1-3H3,(H,24,26). The van der Waals surface area contributed by atoms with Crippen molar-refractivity contribution >= 4 is 39.1 Å². The fourth-order valence-electron chi connectivity index (χ4n) is 2.83. The van der Waals surface area contributed by atoms with Gasteiger partial charge >= 0.3 is 0 Å². The zero-order chi connectivity index (χ0) is 23.1. The molecule has 0 heterocycles. The summed E-state index contributed by atoms with van der Waals surface area (Å²) in [4.78, 5) is 13.6. The number of para-hydroxylation sites is 1. The first kappa shape index (κ1) is 23.5. The van der Waals surface area contributed by atoms with Crippen molar-refractivity contribution in [1.82, 2.24) is 0 Å². The van der Waals surface area contributed by atoms with E-state index in [1.807, 2.05) is 12.1 Å².